The molecule has 1 atom stereocenters. The van der Waals surface area contributed by atoms with Crippen molar-refractivity contribution < 1.29 is 4.74 Å². The van der Waals surface area contributed by atoms with Gasteiger partial charge in [0.05, 0.1) is 12.1 Å². The van der Waals surface area contributed by atoms with Crippen molar-refractivity contribution in [1.29, 1.82) is 0 Å². The monoisotopic (exact) mass is 243 g/mol. The number of hydrogen-bond donors (Lipinski definition) is 0. The summed E-state index contributed by atoms with van der Waals surface area (Å²) in [5.41, 5.74) is -0.103. The average Bonchev–Trinajstić information content (AvgIpc) is 2.80. The van der Waals surface area contributed by atoms with Crippen molar-refractivity contribution >= 4 is 11.6 Å². The summed E-state index contributed by atoms with van der Waals surface area (Å²) in [7, 11) is 0. The van der Waals surface area contributed by atoms with Crippen molar-refractivity contribution in [2.75, 3.05) is 6.61 Å². The summed E-state index contributed by atoms with van der Waals surface area (Å²) >= 11 is 6.05. The second-order valence-corrected chi connectivity index (χ2v) is 4.96. The average molecular weight is 244 g/mol. The molecule has 1 aromatic rings. The Morgan fingerprint density at radius 3 is 2.94 bits per heavy atom. The Morgan fingerprint density at radius 2 is 2.31 bits per heavy atom. The third-order valence-electron chi connectivity index (χ3n) is 3.05. The van der Waals surface area contributed by atoms with Gasteiger partial charge in [-0.25, -0.2) is 0 Å². The highest BCUT2D eigenvalue weighted by Crippen LogP contribution is 2.28. The smallest absolute Gasteiger partial charge is 0.225 e. The molecule has 2 rings (SSSR count). The fraction of sp³-hybridized carbons (Fsp3) is 0.818. The van der Waals surface area contributed by atoms with E-state index >= 15 is 0 Å². The summed E-state index contributed by atoms with van der Waals surface area (Å²) in [4.78, 5) is 0. The lowest BCUT2D eigenvalue weighted by atomic mass is 10.0. The molecule has 0 aliphatic carbocycles. The Kier molecular flexibility index (Phi) is 3.50. The molecule has 1 aromatic heterocycles. The van der Waals surface area contributed by atoms with E-state index in [0.717, 1.165) is 44.7 Å². The van der Waals surface area contributed by atoms with Crippen LogP contribution in [0.25, 0.3) is 0 Å². The lowest BCUT2D eigenvalue weighted by molar-refractivity contribution is 0.00561. The second-order valence-electron chi connectivity index (χ2n) is 4.62. The Bertz CT molecular complexity index is 358. The Labute approximate surface area is 101 Å². The van der Waals surface area contributed by atoms with E-state index in [2.05, 4.69) is 24.0 Å². The molecule has 1 aliphatic heterocycles. The van der Waals surface area contributed by atoms with Gasteiger partial charge in [-0.15, -0.1) is 10.2 Å². The van der Waals surface area contributed by atoms with E-state index in [1.165, 1.54) is 0 Å². The highest BCUT2D eigenvalue weighted by atomic mass is 35.5. The Balaban J connectivity index is 2.16. The predicted molar refractivity (Wildman–Crippen MR) is 62.6 cm³/mol. The maximum atomic E-state index is 6.05. The van der Waals surface area contributed by atoms with Gasteiger partial charge in [0.1, 0.15) is 5.82 Å². The summed E-state index contributed by atoms with van der Waals surface area (Å²) in [5.74, 6) is 0.962. The third-order valence-corrected chi connectivity index (χ3v) is 3.33. The highest BCUT2D eigenvalue weighted by molar-refractivity contribution is 6.28. The van der Waals surface area contributed by atoms with Crippen molar-refractivity contribution in [1.82, 2.24) is 14.8 Å². The zero-order chi connectivity index (χ0) is 11.6. The molecule has 1 saturated heterocycles. The van der Waals surface area contributed by atoms with Gasteiger partial charge in [0, 0.05) is 13.0 Å². The van der Waals surface area contributed by atoms with E-state index in [-0.39, 0.29) is 5.60 Å². The number of aryl methyl sites for hydroxylation is 1. The standard InChI is InChI=1S/C11H18ClN3O/c1-3-5-9-13-14-10(12)15(9)8-11(2)6-4-7-16-11/h3-8H2,1-2H3. The topological polar surface area (TPSA) is 39.9 Å². The number of nitrogens with zero attached hydrogens (tertiary/aromatic N) is 3. The van der Waals surface area contributed by atoms with Crippen molar-refractivity contribution in [2.45, 2.75) is 51.7 Å². The van der Waals surface area contributed by atoms with E-state index in [0.29, 0.717) is 5.28 Å². The van der Waals surface area contributed by atoms with Crippen LogP contribution in [0.2, 0.25) is 5.28 Å². The molecule has 0 saturated carbocycles. The number of hydrogen-bond acceptors (Lipinski definition) is 3. The van der Waals surface area contributed by atoms with E-state index in [4.69, 9.17) is 16.3 Å². The minimum atomic E-state index is -0.103. The van der Waals surface area contributed by atoms with Crippen LogP contribution in [-0.4, -0.2) is 27.0 Å². The lowest BCUT2D eigenvalue weighted by Crippen LogP contribution is -2.30. The van der Waals surface area contributed by atoms with Gasteiger partial charge >= 0.3 is 0 Å². The van der Waals surface area contributed by atoms with Crippen LogP contribution in [0.1, 0.15) is 38.9 Å². The van der Waals surface area contributed by atoms with Gasteiger partial charge in [0.2, 0.25) is 5.28 Å². The van der Waals surface area contributed by atoms with Crippen molar-refractivity contribution in [3.8, 4) is 0 Å². The fourth-order valence-electron chi connectivity index (χ4n) is 2.17. The van der Waals surface area contributed by atoms with Gasteiger partial charge in [0.15, 0.2) is 0 Å². The predicted octanol–water partition coefficient (Wildman–Crippen LogP) is 2.45. The van der Waals surface area contributed by atoms with Crippen LogP contribution in [0.3, 0.4) is 0 Å². The van der Waals surface area contributed by atoms with Crippen LogP contribution in [0.4, 0.5) is 0 Å². The van der Waals surface area contributed by atoms with Crippen molar-refractivity contribution in [3.05, 3.63) is 11.1 Å². The molecular formula is C11H18ClN3O. The maximum Gasteiger partial charge on any atom is 0.225 e. The Morgan fingerprint density at radius 1 is 1.50 bits per heavy atom. The summed E-state index contributed by atoms with van der Waals surface area (Å²) in [6, 6.07) is 0. The fourth-order valence-corrected chi connectivity index (χ4v) is 2.37. The van der Waals surface area contributed by atoms with Crippen LogP contribution in [0.15, 0.2) is 0 Å². The molecule has 2 heterocycles. The van der Waals surface area contributed by atoms with Crippen molar-refractivity contribution in [2.24, 2.45) is 0 Å². The van der Waals surface area contributed by atoms with E-state index in [1.807, 2.05) is 4.57 Å². The number of aromatic nitrogens is 3. The molecule has 0 aromatic carbocycles. The molecule has 0 spiro atoms. The zero-order valence-corrected chi connectivity index (χ0v) is 10.6. The van der Waals surface area contributed by atoms with E-state index < -0.39 is 0 Å². The molecule has 0 radical (unpaired) electrons. The van der Waals surface area contributed by atoms with Gasteiger partial charge in [-0.05, 0) is 37.8 Å². The molecule has 4 nitrogen and oxygen atoms in total. The van der Waals surface area contributed by atoms with Gasteiger partial charge in [-0.2, -0.15) is 0 Å². The molecule has 1 unspecified atom stereocenters. The molecule has 0 bridgehead atoms. The van der Waals surface area contributed by atoms with E-state index in [9.17, 15) is 0 Å². The van der Waals surface area contributed by atoms with Crippen LogP contribution in [0, 0.1) is 0 Å². The first-order valence-corrected chi connectivity index (χ1v) is 6.24. The molecule has 1 fully saturated rings. The lowest BCUT2D eigenvalue weighted by Gasteiger charge is -2.24. The quantitative estimate of drug-likeness (QED) is 0.816. The van der Waals surface area contributed by atoms with Gasteiger partial charge < -0.3 is 4.74 Å². The SMILES string of the molecule is CCCc1nnc(Cl)n1CC1(C)CCCO1. The summed E-state index contributed by atoms with van der Waals surface area (Å²) in [6.45, 7) is 5.86. The molecule has 0 amide bonds. The summed E-state index contributed by atoms with van der Waals surface area (Å²) in [5, 5.41) is 8.51. The van der Waals surface area contributed by atoms with Crippen LogP contribution in [-0.2, 0) is 17.7 Å². The number of rotatable bonds is 4. The van der Waals surface area contributed by atoms with Gasteiger partial charge in [0.25, 0.3) is 0 Å². The second kappa shape index (κ2) is 4.72. The minimum absolute atomic E-state index is 0.103. The van der Waals surface area contributed by atoms with Crippen LogP contribution in [0.5, 0.6) is 0 Å². The number of ether oxygens (including phenoxy) is 1. The van der Waals surface area contributed by atoms with Crippen molar-refractivity contribution in [3.63, 3.8) is 0 Å². The molecular weight excluding hydrogens is 226 g/mol. The van der Waals surface area contributed by atoms with Gasteiger partial charge in [-0.3, -0.25) is 4.57 Å². The molecule has 0 N–H and O–H groups in total. The first-order valence-electron chi connectivity index (χ1n) is 5.86. The van der Waals surface area contributed by atoms with E-state index in [1.54, 1.807) is 0 Å². The minimum Gasteiger partial charge on any atom is -0.373 e. The molecule has 90 valence electrons. The first-order chi connectivity index (χ1) is 7.64. The largest absolute Gasteiger partial charge is 0.373 e. The normalized spacial score (nSPS) is 25.2. The van der Waals surface area contributed by atoms with Gasteiger partial charge in [-0.1, -0.05) is 6.92 Å². The molecule has 5 heteroatoms. The molecule has 16 heavy (non-hydrogen) atoms. The first kappa shape index (κ1) is 11.9. The maximum absolute atomic E-state index is 6.05. The number of halogens is 1. The summed E-state index contributed by atoms with van der Waals surface area (Å²) < 4.78 is 7.75. The molecule has 1 aliphatic rings. The van der Waals surface area contributed by atoms with Crippen LogP contribution < -0.4 is 0 Å². The third kappa shape index (κ3) is 2.38. The Hall–Kier alpha value is -0.610. The highest BCUT2D eigenvalue weighted by Gasteiger charge is 2.31. The summed E-state index contributed by atoms with van der Waals surface area (Å²) in [6.07, 6.45) is 4.16. The van der Waals surface area contributed by atoms with Crippen LogP contribution >= 0.6 is 11.6 Å². The zero-order valence-electron chi connectivity index (χ0n) is 9.87.